The van der Waals surface area contributed by atoms with Gasteiger partial charge in [-0.1, -0.05) is 0 Å². The molecule has 1 aromatic heterocycles. The van der Waals surface area contributed by atoms with Gasteiger partial charge in [0, 0.05) is 38.0 Å². The summed E-state index contributed by atoms with van der Waals surface area (Å²) >= 11 is 1.11. The van der Waals surface area contributed by atoms with Crippen LogP contribution in [0.25, 0.3) is 10.9 Å². The van der Waals surface area contributed by atoms with E-state index < -0.39 is 73.8 Å². The zero-order valence-electron chi connectivity index (χ0n) is 18.2. The lowest BCUT2D eigenvalue weighted by Gasteiger charge is -2.36. The largest absolute Gasteiger partial charge is 0.618 e. The van der Waals surface area contributed by atoms with Crippen LogP contribution in [-0.2, 0) is 5.67 Å². The number of anilines is 1. The smallest absolute Gasteiger partial charge is 0.457 e. The third-order valence-corrected chi connectivity index (χ3v) is 6.52. The van der Waals surface area contributed by atoms with Crippen LogP contribution in [0.4, 0.5) is 58.4 Å². The number of nitrogens with one attached hydrogen (secondary N) is 1. The first kappa shape index (κ1) is 30.6. The number of nitrogens with zero attached hydrogens (tertiary/aromatic N) is 1. The highest BCUT2D eigenvalue weighted by Crippen LogP contribution is 2.59. The van der Waals surface area contributed by atoms with E-state index in [2.05, 4.69) is 15.9 Å². The van der Waals surface area contributed by atoms with Gasteiger partial charge >= 0.3 is 29.5 Å². The van der Waals surface area contributed by atoms with Crippen LogP contribution in [-0.4, -0.2) is 29.7 Å². The van der Waals surface area contributed by atoms with Crippen LogP contribution in [0.3, 0.4) is 0 Å². The number of halogens is 13. The summed E-state index contributed by atoms with van der Waals surface area (Å²) in [6, 6.07) is 5.43. The number of aromatic nitrogens is 1. The molecule has 0 fully saturated rings. The van der Waals surface area contributed by atoms with Crippen molar-refractivity contribution in [2.24, 2.45) is 0 Å². The number of hydrogen-bond donors (Lipinski definition) is 1. The molecule has 2 aromatic carbocycles. The minimum atomic E-state index is -7.14. The lowest BCUT2D eigenvalue weighted by Crippen LogP contribution is -2.59. The van der Waals surface area contributed by atoms with Crippen molar-refractivity contribution in [3.63, 3.8) is 0 Å². The molecule has 3 aromatic rings. The van der Waals surface area contributed by atoms with Gasteiger partial charge in [-0.25, -0.2) is 4.39 Å². The molecule has 39 heavy (non-hydrogen) atoms. The zero-order valence-corrected chi connectivity index (χ0v) is 20.6. The quantitative estimate of drug-likeness (QED) is 0.131. The molecule has 1 atom stereocenters. The van der Waals surface area contributed by atoms with Gasteiger partial charge in [-0.2, -0.15) is 53.0 Å². The third kappa shape index (κ3) is 5.71. The molecule has 1 unspecified atom stereocenters. The first-order valence-electron chi connectivity index (χ1n) is 9.83. The highest BCUT2D eigenvalue weighted by Gasteiger charge is 2.81. The third-order valence-electron chi connectivity index (χ3n) is 5.12. The predicted octanol–water partition coefficient (Wildman–Crippen LogP) is 8.02. The highest BCUT2D eigenvalue weighted by molar-refractivity contribution is 9.10. The maximum Gasteiger partial charge on any atom is 0.457 e. The van der Waals surface area contributed by atoms with Gasteiger partial charge in [0.2, 0.25) is 5.52 Å². The second-order valence-electron chi connectivity index (χ2n) is 7.67. The maximum atomic E-state index is 14.9. The molecule has 18 heteroatoms. The summed E-state index contributed by atoms with van der Waals surface area (Å²) < 4.78 is 160. The number of thioether (sulfide) groups is 1. The Hall–Kier alpha value is -2.89. The standard InChI is InChI=1S/C21H9BrF12N2O2S/c22-12-7-11(17(23,19(26,27)28)18(24,25)20(29,30)31)8-14(39-21(32,33)34)15(12)35-16(37)10-4-3-9-2-1-5-36(38)13(9)6-10/h1-8H,(H,35,37). The van der Waals surface area contributed by atoms with Crippen LogP contribution in [0.2, 0.25) is 0 Å². The molecule has 3 rings (SSSR count). The number of alkyl halides is 12. The molecule has 0 radical (unpaired) electrons. The second kappa shape index (κ2) is 9.94. The average Bonchev–Trinajstić information content (AvgIpc) is 2.77. The molecule has 212 valence electrons. The van der Waals surface area contributed by atoms with Crippen molar-refractivity contribution in [1.29, 1.82) is 0 Å². The molecular formula is C21H9BrF12N2O2S. The Morgan fingerprint density at radius 2 is 1.49 bits per heavy atom. The van der Waals surface area contributed by atoms with Crippen LogP contribution >= 0.6 is 27.7 Å². The molecule has 0 aliphatic carbocycles. The van der Waals surface area contributed by atoms with Crippen LogP contribution in [0.5, 0.6) is 0 Å². The number of benzene rings is 2. The van der Waals surface area contributed by atoms with Crippen molar-refractivity contribution in [2.75, 3.05) is 5.32 Å². The fourth-order valence-corrected chi connectivity index (χ4v) is 4.72. The molecule has 0 aliphatic heterocycles. The van der Waals surface area contributed by atoms with Gasteiger partial charge in [-0.15, -0.1) is 0 Å². The van der Waals surface area contributed by atoms with Crippen molar-refractivity contribution in [2.45, 2.75) is 34.3 Å². The number of amides is 1. The van der Waals surface area contributed by atoms with E-state index in [1.54, 1.807) is 0 Å². The van der Waals surface area contributed by atoms with E-state index in [4.69, 9.17) is 0 Å². The number of carbonyl (C=O) groups excluding carboxylic acids is 1. The Bertz CT molecular complexity index is 1430. The second-order valence-corrected chi connectivity index (χ2v) is 9.63. The monoisotopic (exact) mass is 660 g/mol. The molecule has 1 heterocycles. The predicted molar refractivity (Wildman–Crippen MR) is 117 cm³/mol. The molecule has 0 saturated carbocycles. The van der Waals surface area contributed by atoms with E-state index in [1.165, 1.54) is 18.2 Å². The molecule has 4 nitrogen and oxygen atoms in total. The summed E-state index contributed by atoms with van der Waals surface area (Å²) in [7, 11) is 0. The van der Waals surface area contributed by atoms with E-state index in [-0.39, 0.29) is 17.1 Å². The number of rotatable bonds is 5. The topological polar surface area (TPSA) is 56.0 Å². The summed E-state index contributed by atoms with van der Waals surface area (Å²) in [6.07, 6.45) is -13.0. The van der Waals surface area contributed by atoms with E-state index in [9.17, 15) is 62.7 Å². The van der Waals surface area contributed by atoms with Gasteiger partial charge in [0.15, 0.2) is 6.20 Å². The van der Waals surface area contributed by atoms with Crippen molar-refractivity contribution >= 4 is 50.2 Å². The van der Waals surface area contributed by atoms with Crippen LogP contribution in [0.15, 0.2) is 58.0 Å². The van der Waals surface area contributed by atoms with E-state index >= 15 is 0 Å². The normalized spacial score (nSPS) is 14.8. The SMILES string of the molecule is O=C(Nc1c(Br)cc(C(F)(C(F)(F)F)C(F)(F)C(F)(F)F)cc1SC(F)(F)F)c1ccc2ccc[n+]([O-])c2c1. The number of fused-ring (bicyclic) bond motifs is 1. The van der Waals surface area contributed by atoms with Crippen molar-refractivity contribution in [3.05, 3.63) is 69.5 Å². The zero-order chi connectivity index (χ0) is 29.8. The fourth-order valence-electron chi connectivity index (χ4n) is 3.33. The summed E-state index contributed by atoms with van der Waals surface area (Å²) in [5, 5.41) is 14.1. The van der Waals surface area contributed by atoms with Crippen LogP contribution < -0.4 is 10.0 Å². The first-order chi connectivity index (χ1) is 17.6. The summed E-state index contributed by atoms with van der Waals surface area (Å²) in [6.45, 7) is 0. The summed E-state index contributed by atoms with van der Waals surface area (Å²) in [4.78, 5) is 11.2. The summed E-state index contributed by atoms with van der Waals surface area (Å²) in [5.41, 5.74) is -15.9. The number of pyridine rings is 1. The Kier molecular flexibility index (Phi) is 7.81. The fraction of sp³-hybridized carbons (Fsp3) is 0.238. The van der Waals surface area contributed by atoms with E-state index in [1.807, 2.05) is 5.32 Å². The lowest BCUT2D eigenvalue weighted by molar-refractivity contribution is -0.577. The Balaban J connectivity index is 2.19. The number of carbonyl (C=O) groups is 1. The minimum absolute atomic E-state index is 0.0776. The van der Waals surface area contributed by atoms with Gasteiger partial charge in [0.1, 0.15) is 0 Å². The molecule has 1 amide bonds. The van der Waals surface area contributed by atoms with Gasteiger partial charge < -0.3 is 10.5 Å². The van der Waals surface area contributed by atoms with E-state index in [0.717, 1.165) is 18.3 Å². The van der Waals surface area contributed by atoms with Gasteiger partial charge in [0.25, 0.3) is 5.91 Å². The minimum Gasteiger partial charge on any atom is -0.618 e. The summed E-state index contributed by atoms with van der Waals surface area (Å²) in [5.74, 6) is -8.40. The first-order valence-corrected chi connectivity index (χ1v) is 11.4. The van der Waals surface area contributed by atoms with Crippen LogP contribution in [0.1, 0.15) is 15.9 Å². The maximum absolute atomic E-state index is 14.9. The Labute approximate surface area is 221 Å². The molecule has 0 spiro atoms. The Morgan fingerprint density at radius 1 is 0.872 bits per heavy atom. The van der Waals surface area contributed by atoms with Gasteiger partial charge in [-0.05, 0) is 58.0 Å². The van der Waals surface area contributed by atoms with Crippen LogP contribution in [0, 0.1) is 5.21 Å². The van der Waals surface area contributed by atoms with Gasteiger partial charge in [-0.3, -0.25) is 4.79 Å². The van der Waals surface area contributed by atoms with E-state index in [0.29, 0.717) is 10.1 Å². The highest BCUT2D eigenvalue weighted by atomic mass is 79.9. The number of hydrogen-bond acceptors (Lipinski definition) is 3. The lowest BCUT2D eigenvalue weighted by atomic mass is 9.87. The van der Waals surface area contributed by atoms with Gasteiger partial charge in [0.05, 0.1) is 5.69 Å². The molecule has 0 bridgehead atoms. The molecule has 1 N–H and O–H groups in total. The van der Waals surface area contributed by atoms with Crippen molar-refractivity contribution in [3.8, 4) is 0 Å². The van der Waals surface area contributed by atoms with Crippen molar-refractivity contribution < 1.29 is 62.2 Å². The molecule has 0 saturated heterocycles. The Morgan fingerprint density at radius 3 is 2.03 bits per heavy atom. The average molecular weight is 661 g/mol. The van der Waals surface area contributed by atoms with Crippen molar-refractivity contribution in [1.82, 2.24) is 0 Å². The molecule has 0 aliphatic rings. The molecular weight excluding hydrogens is 652 g/mol.